The number of rotatable bonds is 3. The molecule has 44 heavy (non-hydrogen) atoms. The molecule has 0 fully saturated rings. The van der Waals surface area contributed by atoms with Crippen molar-refractivity contribution in [2.45, 2.75) is 79.1 Å². The van der Waals surface area contributed by atoms with E-state index >= 15 is 0 Å². The van der Waals surface area contributed by atoms with Crippen LogP contribution in [0.15, 0.2) is 48.8 Å². The average molecular weight is 606 g/mol. The zero-order valence-electron chi connectivity index (χ0n) is 26.1. The second-order valence-electron chi connectivity index (χ2n) is 13.0. The van der Waals surface area contributed by atoms with Crippen molar-refractivity contribution in [2.75, 3.05) is 4.90 Å². The number of carbonyl (C=O) groups excluding carboxylic acids is 3. The largest absolute Gasteiger partial charge is 0.443 e. The third-order valence-electron chi connectivity index (χ3n) is 5.85. The highest BCUT2D eigenvalue weighted by atomic mass is 16.6. The Balaban J connectivity index is 1.94. The van der Waals surface area contributed by atoms with Crippen molar-refractivity contribution in [1.82, 2.24) is 14.5 Å². The van der Waals surface area contributed by atoms with Crippen LogP contribution in [0.2, 0.25) is 0 Å². The van der Waals surface area contributed by atoms with Crippen LogP contribution in [0.25, 0.3) is 33.2 Å². The lowest BCUT2D eigenvalue weighted by Crippen LogP contribution is -2.44. The summed E-state index contributed by atoms with van der Waals surface area (Å²) in [6, 6.07) is 8.94. The Labute approximate surface area is 253 Å². The van der Waals surface area contributed by atoms with Gasteiger partial charge in [0.15, 0.2) is 5.65 Å². The minimum atomic E-state index is -1.16. The molecule has 3 aromatic heterocycles. The Morgan fingerprint density at radius 3 is 1.95 bits per heavy atom. The van der Waals surface area contributed by atoms with E-state index in [1.165, 1.54) is 16.7 Å². The lowest BCUT2D eigenvalue weighted by atomic mass is 10.1. The molecular weight excluding hydrogens is 570 g/mol. The molecule has 0 bridgehead atoms. The van der Waals surface area contributed by atoms with E-state index in [-0.39, 0.29) is 11.3 Å². The topological polar surface area (TPSA) is 156 Å². The number of imide groups is 1. The zero-order valence-corrected chi connectivity index (χ0v) is 26.1. The van der Waals surface area contributed by atoms with Gasteiger partial charge >= 0.3 is 18.3 Å². The standard InChI is InChI=1S/C31H35N5O8/c1-29(2,3)42-26(37)34-22-14-15-32-17-20(22)19-11-12-21(33-25(19)34)18-10-13-23(36(40)41)24(16-18)35(27(38)43-30(4,5)6)28(39)44-31(7,8)9/h10-17H,1-9H3. The zero-order chi connectivity index (χ0) is 32.8. The summed E-state index contributed by atoms with van der Waals surface area (Å²) in [6.07, 6.45) is 0.191. The molecule has 0 spiro atoms. The van der Waals surface area contributed by atoms with Gasteiger partial charge in [0.2, 0.25) is 0 Å². The molecule has 13 heteroatoms. The summed E-state index contributed by atoms with van der Waals surface area (Å²) in [7, 11) is 0. The first-order chi connectivity index (χ1) is 20.3. The molecule has 4 rings (SSSR count). The van der Waals surface area contributed by atoms with Gasteiger partial charge in [0, 0.05) is 34.8 Å². The van der Waals surface area contributed by atoms with Crippen molar-refractivity contribution in [3.63, 3.8) is 0 Å². The monoisotopic (exact) mass is 605 g/mol. The van der Waals surface area contributed by atoms with Gasteiger partial charge in [-0.3, -0.25) is 15.1 Å². The highest BCUT2D eigenvalue weighted by molar-refractivity contribution is 6.12. The van der Waals surface area contributed by atoms with Crippen LogP contribution in [0.5, 0.6) is 0 Å². The number of pyridine rings is 2. The Morgan fingerprint density at radius 2 is 1.41 bits per heavy atom. The lowest BCUT2D eigenvalue weighted by Gasteiger charge is -2.28. The number of hydrogen-bond donors (Lipinski definition) is 0. The fourth-order valence-corrected chi connectivity index (χ4v) is 4.29. The number of anilines is 1. The fourth-order valence-electron chi connectivity index (χ4n) is 4.29. The normalized spacial score (nSPS) is 12.2. The van der Waals surface area contributed by atoms with E-state index in [0.717, 1.165) is 6.07 Å². The van der Waals surface area contributed by atoms with E-state index in [9.17, 15) is 24.5 Å². The number of carbonyl (C=O) groups is 3. The summed E-state index contributed by atoms with van der Waals surface area (Å²) >= 11 is 0. The summed E-state index contributed by atoms with van der Waals surface area (Å²) in [4.78, 5) is 60.8. The molecule has 0 unspecified atom stereocenters. The van der Waals surface area contributed by atoms with E-state index in [1.807, 2.05) is 0 Å². The van der Waals surface area contributed by atoms with Crippen LogP contribution >= 0.6 is 0 Å². The van der Waals surface area contributed by atoms with Gasteiger partial charge in [0.25, 0.3) is 5.69 Å². The first-order valence-electron chi connectivity index (χ1n) is 13.8. The molecule has 0 saturated carbocycles. The van der Waals surface area contributed by atoms with E-state index in [2.05, 4.69) is 4.98 Å². The maximum absolute atomic E-state index is 13.3. The van der Waals surface area contributed by atoms with E-state index in [4.69, 9.17) is 19.2 Å². The lowest BCUT2D eigenvalue weighted by molar-refractivity contribution is -0.384. The molecule has 0 saturated heterocycles. The molecule has 232 valence electrons. The van der Waals surface area contributed by atoms with Crippen molar-refractivity contribution in [2.24, 2.45) is 0 Å². The highest BCUT2D eigenvalue weighted by Crippen LogP contribution is 2.36. The minimum absolute atomic E-state index is 0.260. The molecule has 2 amide bonds. The summed E-state index contributed by atoms with van der Waals surface area (Å²) < 4.78 is 17.8. The van der Waals surface area contributed by atoms with Gasteiger partial charge < -0.3 is 14.2 Å². The Morgan fingerprint density at radius 1 is 0.818 bits per heavy atom. The Kier molecular flexibility index (Phi) is 8.12. The maximum atomic E-state index is 13.3. The van der Waals surface area contributed by atoms with Crippen LogP contribution in [-0.2, 0) is 14.2 Å². The van der Waals surface area contributed by atoms with Crippen molar-refractivity contribution < 1.29 is 33.5 Å². The third-order valence-corrected chi connectivity index (χ3v) is 5.85. The number of benzene rings is 1. The first kappa shape index (κ1) is 31.9. The van der Waals surface area contributed by atoms with Gasteiger partial charge in [0.1, 0.15) is 22.5 Å². The number of nitrogens with zero attached hydrogens (tertiary/aromatic N) is 5. The molecular formula is C31H35N5O8. The van der Waals surface area contributed by atoms with Gasteiger partial charge in [-0.15, -0.1) is 0 Å². The Bertz CT molecular complexity index is 1760. The van der Waals surface area contributed by atoms with Crippen molar-refractivity contribution in [3.05, 3.63) is 58.9 Å². The van der Waals surface area contributed by atoms with Crippen LogP contribution < -0.4 is 4.90 Å². The van der Waals surface area contributed by atoms with Crippen LogP contribution in [0.1, 0.15) is 62.3 Å². The number of fused-ring (bicyclic) bond motifs is 3. The number of nitro groups is 1. The van der Waals surface area contributed by atoms with Gasteiger partial charge in [0.05, 0.1) is 16.1 Å². The second-order valence-corrected chi connectivity index (χ2v) is 13.0. The molecule has 0 radical (unpaired) electrons. The molecule has 0 aliphatic carbocycles. The summed E-state index contributed by atoms with van der Waals surface area (Å²) in [6.45, 7) is 14.8. The van der Waals surface area contributed by atoms with E-state index in [1.54, 1.807) is 92.9 Å². The SMILES string of the molecule is CC(C)(C)OC(=O)N(C(=O)OC(C)(C)C)c1cc(-c2ccc3c4cnccc4n(C(=O)OC(C)(C)C)c3n2)ccc1[N+](=O)[O-]. The second kappa shape index (κ2) is 11.2. The van der Waals surface area contributed by atoms with Crippen LogP contribution in [0.4, 0.5) is 25.8 Å². The maximum Gasteiger partial charge on any atom is 0.424 e. The van der Waals surface area contributed by atoms with Crippen LogP contribution in [-0.4, -0.2) is 54.5 Å². The van der Waals surface area contributed by atoms with Crippen molar-refractivity contribution >= 4 is 51.6 Å². The quantitative estimate of drug-likeness (QED) is 0.129. The van der Waals surface area contributed by atoms with Gasteiger partial charge in [-0.25, -0.2) is 23.9 Å². The number of aromatic nitrogens is 3. The van der Waals surface area contributed by atoms with Gasteiger partial charge in [-0.05, 0) is 92.6 Å². The molecule has 0 atom stereocenters. The molecule has 0 aliphatic heterocycles. The summed E-state index contributed by atoms with van der Waals surface area (Å²) in [5.41, 5.74) is -2.37. The van der Waals surface area contributed by atoms with E-state index in [0.29, 0.717) is 32.4 Å². The van der Waals surface area contributed by atoms with Gasteiger partial charge in [-0.1, -0.05) is 0 Å². The van der Waals surface area contributed by atoms with Crippen LogP contribution in [0, 0.1) is 10.1 Å². The third kappa shape index (κ3) is 6.93. The van der Waals surface area contributed by atoms with E-state index < -0.39 is 45.7 Å². The van der Waals surface area contributed by atoms with Gasteiger partial charge in [-0.2, -0.15) is 4.90 Å². The Hall–Kier alpha value is -5.07. The average Bonchev–Trinajstić information content (AvgIpc) is 3.19. The molecule has 3 heterocycles. The molecule has 13 nitrogen and oxygen atoms in total. The first-order valence-corrected chi connectivity index (χ1v) is 13.8. The number of amides is 2. The predicted molar refractivity (Wildman–Crippen MR) is 164 cm³/mol. The predicted octanol–water partition coefficient (Wildman–Crippen LogP) is 7.62. The van der Waals surface area contributed by atoms with Crippen LogP contribution in [0.3, 0.4) is 0 Å². The van der Waals surface area contributed by atoms with Crippen molar-refractivity contribution in [1.29, 1.82) is 0 Å². The minimum Gasteiger partial charge on any atom is -0.443 e. The molecule has 0 aliphatic rings. The highest BCUT2D eigenvalue weighted by Gasteiger charge is 2.37. The fraction of sp³-hybridized carbons (Fsp3) is 0.387. The smallest absolute Gasteiger partial charge is 0.424 e. The summed E-state index contributed by atoms with van der Waals surface area (Å²) in [5.74, 6) is 0. The van der Waals surface area contributed by atoms with Crippen molar-refractivity contribution in [3.8, 4) is 11.3 Å². The number of hydrogen-bond acceptors (Lipinski definition) is 10. The summed E-state index contributed by atoms with van der Waals surface area (Å²) in [5, 5.41) is 13.4. The molecule has 0 N–H and O–H groups in total. The molecule has 1 aromatic carbocycles. The number of nitro benzene ring substituents is 1. The molecule has 4 aromatic rings. The number of ether oxygens (including phenoxy) is 3.